The van der Waals surface area contributed by atoms with Gasteiger partial charge in [-0.05, 0) is 55.4 Å². The zero-order valence-corrected chi connectivity index (χ0v) is 16.9. The van der Waals surface area contributed by atoms with Gasteiger partial charge >= 0.3 is 0 Å². The number of carbonyl (C=O) groups excluding carboxylic acids is 1. The van der Waals surface area contributed by atoms with Crippen molar-refractivity contribution in [2.75, 3.05) is 5.32 Å². The molecular weight excluding hydrogens is 405 g/mol. The van der Waals surface area contributed by atoms with E-state index < -0.39 is 11.7 Å². The number of rotatable bonds is 2. The van der Waals surface area contributed by atoms with Gasteiger partial charge < -0.3 is 5.32 Å². The number of fused-ring (bicyclic) bond motifs is 2. The minimum Gasteiger partial charge on any atom is -0.329 e. The van der Waals surface area contributed by atoms with Gasteiger partial charge in [-0.25, -0.2) is 9.37 Å². The lowest BCUT2D eigenvalue weighted by molar-refractivity contribution is 0.0944. The van der Waals surface area contributed by atoms with Gasteiger partial charge in [0.1, 0.15) is 11.6 Å². The molecule has 3 aromatic rings. The monoisotopic (exact) mass is 425 g/mol. The molecular formula is C21H20FN5O2S. The molecule has 154 valence electrons. The Bertz CT molecular complexity index is 1190. The van der Waals surface area contributed by atoms with E-state index in [0.29, 0.717) is 23.0 Å². The number of amides is 1. The predicted molar refractivity (Wildman–Crippen MR) is 117 cm³/mol. The van der Waals surface area contributed by atoms with Gasteiger partial charge in [0.05, 0.1) is 16.6 Å². The van der Waals surface area contributed by atoms with Crippen molar-refractivity contribution in [3.05, 3.63) is 70.0 Å². The zero-order chi connectivity index (χ0) is 21.1. The van der Waals surface area contributed by atoms with Crippen molar-refractivity contribution in [2.45, 2.75) is 32.2 Å². The number of aromatic nitrogens is 2. The van der Waals surface area contributed by atoms with E-state index in [-0.39, 0.29) is 16.4 Å². The van der Waals surface area contributed by atoms with Crippen molar-refractivity contribution in [1.82, 2.24) is 20.4 Å². The van der Waals surface area contributed by atoms with Crippen LogP contribution in [0.25, 0.3) is 10.9 Å². The third-order valence-electron chi connectivity index (χ3n) is 4.99. The number of hydrogen-bond donors (Lipinski definition) is 3. The number of nitrogens with one attached hydrogen (secondary N) is 3. The zero-order valence-electron chi connectivity index (χ0n) is 16.1. The maximum atomic E-state index is 13.7. The first-order valence-corrected chi connectivity index (χ1v) is 10.1. The Morgan fingerprint density at radius 2 is 1.93 bits per heavy atom. The number of carbonyl (C=O) groups is 1. The summed E-state index contributed by atoms with van der Waals surface area (Å²) in [6.07, 6.45) is 3.78. The minimum atomic E-state index is -0.459. The van der Waals surface area contributed by atoms with Crippen LogP contribution in [-0.2, 0) is 13.0 Å². The lowest BCUT2D eigenvalue weighted by Gasteiger charge is -2.13. The Morgan fingerprint density at radius 1 is 1.10 bits per heavy atom. The molecule has 0 fully saturated rings. The van der Waals surface area contributed by atoms with Crippen LogP contribution >= 0.6 is 12.2 Å². The van der Waals surface area contributed by atoms with E-state index in [1.54, 1.807) is 34.9 Å². The molecule has 0 aliphatic carbocycles. The van der Waals surface area contributed by atoms with Gasteiger partial charge in [-0.2, -0.15) is 0 Å². The number of hydrogen-bond acceptors (Lipinski definition) is 4. The van der Waals surface area contributed by atoms with Crippen molar-refractivity contribution in [3.63, 3.8) is 0 Å². The summed E-state index contributed by atoms with van der Waals surface area (Å²) in [4.78, 5) is 29.9. The fourth-order valence-electron chi connectivity index (χ4n) is 3.46. The van der Waals surface area contributed by atoms with E-state index >= 15 is 0 Å². The molecule has 0 atom stereocenters. The lowest BCUT2D eigenvalue weighted by Crippen LogP contribution is -2.43. The van der Waals surface area contributed by atoms with Gasteiger partial charge in [-0.15, -0.1) is 0 Å². The number of thiocarbonyl (C=S) groups is 1. The Morgan fingerprint density at radius 3 is 2.77 bits per heavy atom. The second-order valence-corrected chi connectivity index (χ2v) is 7.45. The van der Waals surface area contributed by atoms with Crippen LogP contribution in [0.5, 0.6) is 0 Å². The van der Waals surface area contributed by atoms with E-state index in [2.05, 4.69) is 21.2 Å². The van der Waals surface area contributed by atoms with Crippen LogP contribution in [0.2, 0.25) is 0 Å². The summed E-state index contributed by atoms with van der Waals surface area (Å²) in [5.41, 5.74) is 5.95. The van der Waals surface area contributed by atoms with Crippen LogP contribution in [0, 0.1) is 5.82 Å². The molecule has 0 saturated carbocycles. The van der Waals surface area contributed by atoms with Gasteiger partial charge in [0.25, 0.3) is 11.5 Å². The SMILES string of the molecule is O=C(NNC(=S)Nc1ccccc1F)c1ccc2c(=O)n3c(nc2c1)CCCCC3. The van der Waals surface area contributed by atoms with Gasteiger partial charge in [-0.3, -0.25) is 25.0 Å². The molecule has 0 saturated heterocycles. The van der Waals surface area contributed by atoms with Gasteiger partial charge in [0.15, 0.2) is 5.11 Å². The highest BCUT2D eigenvalue weighted by molar-refractivity contribution is 7.80. The average molecular weight is 425 g/mol. The maximum absolute atomic E-state index is 13.7. The molecule has 4 rings (SSSR count). The normalized spacial score (nSPS) is 13.2. The Kier molecular flexibility index (Phi) is 5.71. The van der Waals surface area contributed by atoms with Crippen LogP contribution in [0.1, 0.15) is 35.4 Å². The fourth-order valence-corrected chi connectivity index (χ4v) is 3.62. The molecule has 1 aliphatic rings. The van der Waals surface area contributed by atoms with Crippen molar-refractivity contribution >= 4 is 39.8 Å². The topological polar surface area (TPSA) is 88.0 Å². The number of para-hydroxylation sites is 1. The molecule has 7 nitrogen and oxygen atoms in total. The Hall–Kier alpha value is -3.33. The third kappa shape index (κ3) is 4.16. The molecule has 2 aromatic carbocycles. The van der Waals surface area contributed by atoms with Crippen LogP contribution < -0.4 is 21.7 Å². The first-order valence-electron chi connectivity index (χ1n) is 9.68. The molecule has 0 spiro atoms. The molecule has 30 heavy (non-hydrogen) atoms. The van der Waals surface area contributed by atoms with Crippen LogP contribution in [0.3, 0.4) is 0 Å². The number of aryl methyl sites for hydroxylation is 1. The summed E-state index contributed by atoms with van der Waals surface area (Å²) < 4.78 is 15.4. The van der Waals surface area contributed by atoms with Crippen LogP contribution in [0.4, 0.5) is 10.1 Å². The highest BCUT2D eigenvalue weighted by Gasteiger charge is 2.15. The van der Waals surface area contributed by atoms with Gasteiger partial charge in [0, 0.05) is 18.5 Å². The quantitative estimate of drug-likeness (QED) is 0.432. The van der Waals surface area contributed by atoms with Crippen LogP contribution in [-0.4, -0.2) is 20.6 Å². The average Bonchev–Trinajstić information content (AvgIpc) is 2.99. The summed E-state index contributed by atoms with van der Waals surface area (Å²) in [6.45, 7) is 0.676. The highest BCUT2D eigenvalue weighted by atomic mass is 32.1. The first-order chi connectivity index (χ1) is 14.5. The summed E-state index contributed by atoms with van der Waals surface area (Å²) >= 11 is 5.08. The second kappa shape index (κ2) is 8.58. The summed E-state index contributed by atoms with van der Waals surface area (Å²) in [6, 6.07) is 10.8. The molecule has 0 unspecified atom stereocenters. The number of halogens is 1. The van der Waals surface area contributed by atoms with Crippen molar-refractivity contribution < 1.29 is 9.18 Å². The summed E-state index contributed by atoms with van der Waals surface area (Å²) in [5.74, 6) is -0.152. The van der Waals surface area contributed by atoms with Crippen LogP contribution in [0.15, 0.2) is 47.3 Å². The maximum Gasteiger partial charge on any atom is 0.269 e. The number of benzene rings is 2. The first kappa shape index (κ1) is 20.0. The number of hydrazine groups is 1. The summed E-state index contributed by atoms with van der Waals surface area (Å²) in [5, 5.41) is 3.19. The smallest absolute Gasteiger partial charge is 0.269 e. The molecule has 2 heterocycles. The standard InChI is InChI=1S/C21H20FN5O2S/c22-15-6-3-4-7-16(15)24-21(30)26-25-19(28)13-9-10-14-17(12-13)23-18-8-2-1-5-11-27(18)20(14)29/h3-4,6-7,9-10,12H,1-2,5,8,11H2,(H,25,28)(H2,24,26,30). The fraction of sp³-hybridized carbons (Fsp3) is 0.238. The molecule has 0 bridgehead atoms. The highest BCUT2D eigenvalue weighted by Crippen LogP contribution is 2.16. The molecule has 1 amide bonds. The molecule has 0 radical (unpaired) electrons. The van der Waals surface area contributed by atoms with Gasteiger partial charge in [-0.1, -0.05) is 18.6 Å². The van der Waals surface area contributed by atoms with E-state index in [1.165, 1.54) is 12.1 Å². The number of anilines is 1. The summed E-state index contributed by atoms with van der Waals surface area (Å²) in [7, 11) is 0. The second-order valence-electron chi connectivity index (χ2n) is 7.04. The number of nitrogens with zero attached hydrogens (tertiary/aromatic N) is 2. The lowest BCUT2D eigenvalue weighted by atomic mass is 10.1. The van der Waals surface area contributed by atoms with E-state index in [1.807, 2.05) is 0 Å². The minimum absolute atomic E-state index is 0.0379. The van der Waals surface area contributed by atoms with E-state index in [0.717, 1.165) is 31.5 Å². The molecule has 9 heteroatoms. The van der Waals surface area contributed by atoms with Crippen molar-refractivity contribution in [2.24, 2.45) is 0 Å². The van der Waals surface area contributed by atoms with E-state index in [4.69, 9.17) is 12.2 Å². The molecule has 1 aliphatic heterocycles. The van der Waals surface area contributed by atoms with Gasteiger partial charge in [0.2, 0.25) is 0 Å². The largest absolute Gasteiger partial charge is 0.329 e. The predicted octanol–water partition coefficient (Wildman–Crippen LogP) is 2.89. The Balaban J connectivity index is 1.49. The third-order valence-corrected chi connectivity index (χ3v) is 5.19. The van der Waals surface area contributed by atoms with Crippen molar-refractivity contribution in [3.8, 4) is 0 Å². The Labute approximate surface area is 177 Å². The molecule has 1 aromatic heterocycles. The van der Waals surface area contributed by atoms with Crippen molar-refractivity contribution in [1.29, 1.82) is 0 Å². The van der Waals surface area contributed by atoms with E-state index in [9.17, 15) is 14.0 Å². The molecule has 3 N–H and O–H groups in total.